The first-order valence-corrected chi connectivity index (χ1v) is 11.4. The Morgan fingerprint density at radius 3 is 2.77 bits per heavy atom. The number of carbonyl (C=O) groups excluding carboxylic acids is 1. The molecule has 0 atom stereocenters. The third-order valence-corrected chi connectivity index (χ3v) is 6.85. The molecule has 1 aliphatic heterocycles. The fourth-order valence-electron chi connectivity index (χ4n) is 3.09. The van der Waals surface area contributed by atoms with Crippen molar-refractivity contribution in [3.8, 4) is 11.1 Å². The number of halogens is 1. The molecule has 5 nitrogen and oxygen atoms in total. The van der Waals surface area contributed by atoms with Crippen LogP contribution in [-0.2, 0) is 16.2 Å². The van der Waals surface area contributed by atoms with Gasteiger partial charge in [-0.2, -0.15) is 0 Å². The van der Waals surface area contributed by atoms with E-state index in [9.17, 15) is 19.1 Å². The van der Waals surface area contributed by atoms with Gasteiger partial charge < -0.3 is 10.2 Å². The Balaban J connectivity index is 1.67. The SMILES string of the molecule is O=C(O)CCCCCN1C(=O)/C(=C/c2cc(-c3ccc(F)cc3CO)cs2)SC1=S. The molecule has 1 aromatic heterocycles. The highest BCUT2D eigenvalue weighted by Gasteiger charge is 2.31. The highest BCUT2D eigenvalue weighted by molar-refractivity contribution is 8.26. The van der Waals surface area contributed by atoms with Crippen LogP contribution in [0, 0.1) is 5.82 Å². The number of unbranched alkanes of at least 4 members (excludes halogenated alkanes) is 2. The number of carbonyl (C=O) groups is 2. The number of nitrogens with zero attached hydrogens (tertiary/aromatic N) is 1. The number of aliphatic carboxylic acids is 1. The van der Waals surface area contributed by atoms with Gasteiger partial charge in [0, 0.05) is 17.8 Å². The number of thioether (sulfide) groups is 1. The smallest absolute Gasteiger partial charge is 0.303 e. The van der Waals surface area contributed by atoms with E-state index in [1.807, 2.05) is 11.4 Å². The lowest BCUT2D eigenvalue weighted by atomic mass is 10.0. The van der Waals surface area contributed by atoms with E-state index in [2.05, 4.69) is 0 Å². The zero-order valence-electron chi connectivity index (χ0n) is 16.0. The number of hydrogen-bond donors (Lipinski definition) is 2. The molecule has 2 N–H and O–H groups in total. The molecule has 0 bridgehead atoms. The average molecular weight is 466 g/mol. The molecule has 2 aromatic rings. The molecule has 1 aromatic carbocycles. The van der Waals surface area contributed by atoms with Gasteiger partial charge in [0.05, 0.1) is 11.5 Å². The van der Waals surface area contributed by atoms with Crippen LogP contribution in [0.5, 0.6) is 0 Å². The molecule has 9 heteroatoms. The van der Waals surface area contributed by atoms with Gasteiger partial charge in [-0.3, -0.25) is 14.5 Å². The summed E-state index contributed by atoms with van der Waals surface area (Å²) in [4.78, 5) is 26.2. The van der Waals surface area contributed by atoms with Crippen molar-refractivity contribution in [2.24, 2.45) is 0 Å². The van der Waals surface area contributed by atoms with Gasteiger partial charge in [-0.05, 0) is 59.2 Å². The molecule has 2 heterocycles. The first kappa shape index (κ1) is 22.6. The van der Waals surface area contributed by atoms with Crippen LogP contribution in [0.3, 0.4) is 0 Å². The van der Waals surface area contributed by atoms with Crippen LogP contribution in [-0.4, -0.2) is 37.9 Å². The second-order valence-corrected chi connectivity index (χ2v) is 9.35. The Kier molecular flexibility index (Phi) is 7.76. The number of thiocarbonyl (C=S) groups is 1. The van der Waals surface area contributed by atoms with Gasteiger partial charge in [-0.1, -0.05) is 36.5 Å². The van der Waals surface area contributed by atoms with Gasteiger partial charge >= 0.3 is 5.97 Å². The lowest BCUT2D eigenvalue weighted by Crippen LogP contribution is -2.29. The molecule has 158 valence electrons. The third-order valence-electron chi connectivity index (χ3n) is 4.59. The Morgan fingerprint density at radius 2 is 2.03 bits per heavy atom. The maximum absolute atomic E-state index is 13.4. The zero-order chi connectivity index (χ0) is 21.7. The summed E-state index contributed by atoms with van der Waals surface area (Å²) in [6, 6.07) is 6.20. The highest BCUT2D eigenvalue weighted by Crippen LogP contribution is 2.35. The summed E-state index contributed by atoms with van der Waals surface area (Å²) < 4.78 is 13.9. The number of aliphatic hydroxyl groups excluding tert-OH is 1. The van der Waals surface area contributed by atoms with E-state index in [0.29, 0.717) is 34.2 Å². The lowest BCUT2D eigenvalue weighted by Gasteiger charge is -2.13. The second-order valence-electron chi connectivity index (χ2n) is 6.74. The molecule has 1 amide bonds. The van der Waals surface area contributed by atoms with Crippen molar-refractivity contribution in [3.63, 3.8) is 0 Å². The maximum Gasteiger partial charge on any atom is 0.303 e. The summed E-state index contributed by atoms with van der Waals surface area (Å²) in [5.41, 5.74) is 2.11. The number of thiophene rings is 1. The van der Waals surface area contributed by atoms with Gasteiger partial charge in [0.15, 0.2) is 0 Å². The van der Waals surface area contributed by atoms with Crippen LogP contribution in [0.4, 0.5) is 4.39 Å². The van der Waals surface area contributed by atoms with Crippen LogP contribution in [0.15, 0.2) is 34.6 Å². The van der Waals surface area contributed by atoms with E-state index in [4.69, 9.17) is 17.3 Å². The van der Waals surface area contributed by atoms with Crippen LogP contribution in [0.25, 0.3) is 17.2 Å². The van der Waals surface area contributed by atoms with E-state index < -0.39 is 11.8 Å². The molecule has 1 fully saturated rings. The molecule has 0 aliphatic carbocycles. The number of rotatable bonds is 9. The number of carboxylic acids is 1. The van der Waals surface area contributed by atoms with E-state index >= 15 is 0 Å². The van der Waals surface area contributed by atoms with Gasteiger partial charge in [0.2, 0.25) is 0 Å². The zero-order valence-corrected chi connectivity index (χ0v) is 18.4. The molecule has 1 aliphatic rings. The minimum absolute atomic E-state index is 0.130. The molecule has 0 spiro atoms. The van der Waals surface area contributed by atoms with Crippen molar-refractivity contribution in [2.45, 2.75) is 32.3 Å². The molecule has 0 saturated carbocycles. The van der Waals surface area contributed by atoms with E-state index in [-0.39, 0.29) is 18.9 Å². The van der Waals surface area contributed by atoms with Crippen molar-refractivity contribution in [1.29, 1.82) is 0 Å². The van der Waals surface area contributed by atoms with Gasteiger partial charge in [-0.15, -0.1) is 11.3 Å². The summed E-state index contributed by atoms with van der Waals surface area (Å²) in [7, 11) is 0. The van der Waals surface area contributed by atoms with Gasteiger partial charge in [0.25, 0.3) is 5.91 Å². The quantitative estimate of drug-likeness (QED) is 0.312. The third kappa shape index (κ3) is 5.54. The minimum Gasteiger partial charge on any atom is -0.481 e. The predicted molar refractivity (Wildman–Crippen MR) is 122 cm³/mol. The summed E-state index contributed by atoms with van der Waals surface area (Å²) >= 11 is 8.03. The summed E-state index contributed by atoms with van der Waals surface area (Å²) in [5, 5.41) is 20.1. The van der Waals surface area contributed by atoms with Crippen molar-refractivity contribution < 1.29 is 24.2 Å². The lowest BCUT2D eigenvalue weighted by molar-refractivity contribution is -0.137. The standard InChI is InChI=1S/C21H20FNO4S3/c22-15-5-6-17(13(8-15)11-24)14-9-16(29-12-14)10-18-20(27)23(21(28)30-18)7-3-1-2-4-19(25)26/h5-6,8-10,12,24H,1-4,7,11H2,(H,25,26)/b18-10-. The molecular formula is C21H20FNO4S3. The number of carboxylic acid groups (broad SMARTS) is 1. The van der Waals surface area contributed by atoms with Crippen molar-refractivity contribution in [2.75, 3.05) is 6.54 Å². The van der Waals surface area contributed by atoms with Crippen LogP contribution >= 0.6 is 35.3 Å². The Morgan fingerprint density at radius 1 is 1.23 bits per heavy atom. The molecule has 0 unspecified atom stereocenters. The largest absolute Gasteiger partial charge is 0.481 e. The Bertz CT molecular complexity index is 1000. The molecule has 3 rings (SSSR count). The summed E-state index contributed by atoms with van der Waals surface area (Å²) in [6.45, 7) is 0.218. The molecular weight excluding hydrogens is 445 g/mol. The first-order valence-electron chi connectivity index (χ1n) is 9.34. The normalized spacial score (nSPS) is 15.4. The highest BCUT2D eigenvalue weighted by atomic mass is 32.2. The van der Waals surface area contributed by atoms with E-state index in [0.717, 1.165) is 22.4 Å². The summed E-state index contributed by atoms with van der Waals surface area (Å²) in [5.74, 6) is -1.36. The fourth-order valence-corrected chi connectivity index (χ4v) is 5.30. The molecule has 1 saturated heterocycles. The fraction of sp³-hybridized carbons (Fsp3) is 0.286. The van der Waals surface area contributed by atoms with Crippen molar-refractivity contribution in [1.82, 2.24) is 4.90 Å². The number of benzene rings is 1. The summed E-state index contributed by atoms with van der Waals surface area (Å²) in [6.07, 6.45) is 3.93. The number of amides is 1. The first-order chi connectivity index (χ1) is 14.4. The van der Waals surface area contributed by atoms with Crippen molar-refractivity contribution >= 4 is 57.6 Å². The average Bonchev–Trinajstić information content (AvgIpc) is 3.27. The van der Waals surface area contributed by atoms with Gasteiger partial charge in [0.1, 0.15) is 10.1 Å². The Labute approximate surface area is 187 Å². The van der Waals surface area contributed by atoms with Crippen LogP contribution in [0.1, 0.15) is 36.1 Å². The monoisotopic (exact) mass is 465 g/mol. The predicted octanol–water partition coefficient (Wildman–Crippen LogP) is 4.89. The number of aliphatic hydroxyl groups is 1. The van der Waals surface area contributed by atoms with Crippen LogP contribution < -0.4 is 0 Å². The number of hydrogen-bond acceptors (Lipinski definition) is 6. The van der Waals surface area contributed by atoms with E-state index in [1.54, 1.807) is 17.0 Å². The topological polar surface area (TPSA) is 77.8 Å². The van der Waals surface area contributed by atoms with Gasteiger partial charge in [-0.25, -0.2) is 4.39 Å². The Hall–Kier alpha value is -2.07. The van der Waals surface area contributed by atoms with Crippen LogP contribution in [0.2, 0.25) is 0 Å². The van der Waals surface area contributed by atoms with Crippen molar-refractivity contribution in [3.05, 3.63) is 50.8 Å². The molecule has 30 heavy (non-hydrogen) atoms. The maximum atomic E-state index is 13.4. The minimum atomic E-state index is -0.814. The second kappa shape index (κ2) is 10.3. The molecule has 0 radical (unpaired) electrons. The van der Waals surface area contributed by atoms with E-state index in [1.165, 1.54) is 35.2 Å².